The zero-order valence-electron chi connectivity index (χ0n) is 25.5. The minimum atomic E-state index is 0.504. The van der Waals surface area contributed by atoms with Gasteiger partial charge in [0.1, 0.15) is 0 Å². The number of nitriles is 1. The minimum absolute atomic E-state index is 0.504. The van der Waals surface area contributed by atoms with Crippen LogP contribution in [0.2, 0.25) is 0 Å². The van der Waals surface area contributed by atoms with Crippen LogP contribution in [-0.2, 0) is 0 Å². The Labute approximate surface area is 271 Å². The summed E-state index contributed by atoms with van der Waals surface area (Å²) in [5.74, 6) is 0. The highest BCUT2D eigenvalue weighted by Crippen LogP contribution is 2.36. The lowest BCUT2D eigenvalue weighted by Crippen LogP contribution is -2.09. The third-order valence-corrected chi connectivity index (χ3v) is 7.83. The van der Waals surface area contributed by atoms with E-state index in [9.17, 15) is 5.26 Å². The van der Waals surface area contributed by atoms with Crippen molar-refractivity contribution in [2.75, 3.05) is 4.90 Å². The lowest BCUT2D eigenvalue weighted by Gasteiger charge is -2.25. The van der Waals surface area contributed by atoms with Gasteiger partial charge in [0.2, 0.25) is 0 Å². The van der Waals surface area contributed by atoms with E-state index in [0.29, 0.717) is 16.8 Å². The number of anilines is 3. The van der Waals surface area contributed by atoms with Crippen molar-refractivity contribution in [3.8, 4) is 17.2 Å². The van der Waals surface area contributed by atoms with Crippen LogP contribution in [0.4, 0.5) is 22.7 Å². The summed E-state index contributed by atoms with van der Waals surface area (Å²) in [5, 5.41) is 9.88. The first kappa shape index (κ1) is 29.6. The van der Waals surface area contributed by atoms with Gasteiger partial charge in [0, 0.05) is 17.1 Å². The van der Waals surface area contributed by atoms with Crippen LogP contribution in [-0.4, -0.2) is 0 Å². The van der Waals surface area contributed by atoms with E-state index in [1.165, 1.54) is 16.7 Å². The summed E-state index contributed by atoms with van der Waals surface area (Å²) in [6.07, 6.45) is 7.76. The molecule has 0 heterocycles. The van der Waals surface area contributed by atoms with Gasteiger partial charge in [0.05, 0.1) is 18.2 Å². The number of nitrogens with zero attached hydrogens (tertiary/aromatic N) is 3. The molecule has 0 saturated heterocycles. The van der Waals surface area contributed by atoms with Crippen LogP contribution in [0.25, 0.3) is 40.3 Å². The van der Waals surface area contributed by atoms with Gasteiger partial charge in [-0.2, -0.15) is 5.26 Å². The Hall–Kier alpha value is -6.42. The van der Waals surface area contributed by atoms with Crippen molar-refractivity contribution >= 4 is 47.1 Å². The summed E-state index contributed by atoms with van der Waals surface area (Å²) >= 11 is 0. The number of aryl methyl sites for hydroxylation is 1. The molecule has 0 saturated carbocycles. The van der Waals surface area contributed by atoms with Gasteiger partial charge in [-0.3, -0.25) is 0 Å². The van der Waals surface area contributed by atoms with E-state index in [1.54, 1.807) is 12.1 Å². The van der Waals surface area contributed by atoms with E-state index in [1.807, 2.05) is 60.7 Å². The summed E-state index contributed by atoms with van der Waals surface area (Å²) in [6, 6.07) is 51.8. The molecule has 218 valence electrons. The summed E-state index contributed by atoms with van der Waals surface area (Å²) in [4.78, 5) is 6.00. The van der Waals surface area contributed by atoms with Crippen molar-refractivity contribution in [1.29, 1.82) is 5.26 Å². The van der Waals surface area contributed by atoms with Gasteiger partial charge < -0.3 is 4.90 Å². The first-order valence-electron chi connectivity index (χ1n) is 15.1. The molecule has 0 atom stereocenters. The highest BCUT2D eigenvalue weighted by atomic mass is 15.1. The summed E-state index contributed by atoms with van der Waals surface area (Å²) in [6.45, 7) is 9.84. The molecule has 0 radical (unpaired) electrons. The van der Waals surface area contributed by atoms with E-state index >= 15 is 0 Å². The molecule has 0 unspecified atom stereocenters. The van der Waals surface area contributed by atoms with Gasteiger partial charge in [-0.15, -0.1) is 0 Å². The number of hydrogen-bond donors (Lipinski definition) is 0. The number of hydrogen-bond acceptors (Lipinski definition) is 2. The molecule has 46 heavy (non-hydrogen) atoms. The van der Waals surface area contributed by atoms with Crippen molar-refractivity contribution < 1.29 is 0 Å². The fourth-order valence-corrected chi connectivity index (χ4v) is 5.33. The molecule has 0 fully saturated rings. The van der Waals surface area contributed by atoms with Crippen molar-refractivity contribution in [1.82, 2.24) is 0 Å². The second kappa shape index (κ2) is 13.9. The molecule has 0 aliphatic carbocycles. The van der Waals surface area contributed by atoms with Crippen molar-refractivity contribution in [2.45, 2.75) is 6.92 Å². The first-order valence-corrected chi connectivity index (χ1v) is 15.1. The SMILES string of the molecule is [C-]#[N+]c1cc(C=Cc2ccc(C)cc2)c(C#N)cc1C=Cc1ccc(N(c2ccccc2)c2ccc(-c3ccccc3)cc2)cc1. The average molecular weight is 590 g/mol. The zero-order chi connectivity index (χ0) is 31.7. The fraction of sp³-hybridized carbons (Fsp3) is 0.0233. The van der Waals surface area contributed by atoms with Gasteiger partial charge in [-0.25, -0.2) is 4.85 Å². The smallest absolute Gasteiger partial charge is 0.194 e. The molecule has 0 N–H and O–H groups in total. The van der Waals surface area contributed by atoms with Crippen molar-refractivity contribution in [3.63, 3.8) is 0 Å². The standard InChI is InChI=1S/C43H31N3/c1-32-13-15-33(16-14-32)17-21-37-30-43(45-2)38(29-39(37)31-44)22-18-34-19-25-41(26-20-34)46(40-11-7-4-8-12-40)42-27-23-36(24-28-42)35-9-5-3-6-10-35/h3-30H,1H3. The lowest BCUT2D eigenvalue weighted by atomic mass is 10.0. The zero-order valence-corrected chi connectivity index (χ0v) is 25.5. The fourth-order valence-electron chi connectivity index (χ4n) is 5.33. The lowest BCUT2D eigenvalue weighted by molar-refractivity contribution is 1.28. The Morgan fingerprint density at radius 2 is 1.07 bits per heavy atom. The molecule has 0 bridgehead atoms. The summed E-state index contributed by atoms with van der Waals surface area (Å²) in [5.41, 5.74) is 11.2. The molecular formula is C43H31N3. The molecule has 0 aliphatic heterocycles. The summed E-state index contributed by atoms with van der Waals surface area (Å²) < 4.78 is 0. The third kappa shape index (κ3) is 6.87. The Balaban J connectivity index is 1.26. The maximum atomic E-state index is 9.88. The Bertz CT molecular complexity index is 2080. The summed E-state index contributed by atoms with van der Waals surface area (Å²) in [7, 11) is 0. The van der Waals surface area contributed by atoms with Gasteiger partial charge in [-0.05, 0) is 88.8 Å². The Morgan fingerprint density at radius 3 is 1.65 bits per heavy atom. The van der Waals surface area contributed by atoms with E-state index < -0.39 is 0 Å². The second-order valence-corrected chi connectivity index (χ2v) is 11.0. The van der Waals surface area contributed by atoms with Crippen LogP contribution in [0.15, 0.2) is 146 Å². The molecule has 6 rings (SSSR count). The predicted octanol–water partition coefficient (Wildman–Crippen LogP) is 11.9. The third-order valence-electron chi connectivity index (χ3n) is 7.83. The van der Waals surface area contributed by atoms with Gasteiger partial charge in [0.25, 0.3) is 0 Å². The molecule has 3 heteroatoms. The number of benzene rings is 6. The normalized spacial score (nSPS) is 10.9. The van der Waals surface area contributed by atoms with E-state index in [4.69, 9.17) is 6.57 Å². The van der Waals surface area contributed by atoms with Gasteiger partial charge in [-0.1, -0.05) is 127 Å². The van der Waals surface area contributed by atoms with Crippen molar-refractivity contribution in [3.05, 3.63) is 190 Å². The van der Waals surface area contributed by atoms with Crippen LogP contribution in [0.1, 0.15) is 33.4 Å². The molecule has 0 aromatic heterocycles. The Morgan fingerprint density at radius 1 is 0.565 bits per heavy atom. The van der Waals surface area contributed by atoms with Crippen LogP contribution in [0.3, 0.4) is 0 Å². The quantitative estimate of drug-likeness (QED) is 0.131. The predicted molar refractivity (Wildman–Crippen MR) is 193 cm³/mol. The maximum Gasteiger partial charge on any atom is 0.194 e. The largest absolute Gasteiger partial charge is 0.311 e. The van der Waals surface area contributed by atoms with Gasteiger partial charge in [0.15, 0.2) is 5.69 Å². The second-order valence-electron chi connectivity index (χ2n) is 11.0. The number of rotatable bonds is 8. The monoisotopic (exact) mass is 589 g/mol. The molecule has 6 aromatic carbocycles. The maximum absolute atomic E-state index is 9.88. The average Bonchev–Trinajstić information content (AvgIpc) is 3.12. The topological polar surface area (TPSA) is 31.4 Å². The molecule has 0 amide bonds. The van der Waals surface area contributed by atoms with E-state index in [2.05, 4.69) is 120 Å². The Kier molecular flexibility index (Phi) is 8.97. The molecule has 3 nitrogen and oxygen atoms in total. The number of para-hydroxylation sites is 1. The molecule has 0 aliphatic rings. The van der Waals surface area contributed by atoms with Crippen LogP contribution in [0, 0.1) is 24.8 Å². The van der Waals surface area contributed by atoms with E-state index in [-0.39, 0.29) is 0 Å². The van der Waals surface area contributed by atoms with Crippen LogP contribution < -0.4 is 4.90 Å². The van der Waals surface area contributed by atoms with E-state index in [0.717, 1.165) is 33.8 Å². The van der Waals surface area contributed by atoms with Crippen LogP contribution >= 0.6 is 0 Å². The van der Waals surface area contributed by atoms with Crippen LogP contribution in [0.5, 0.6) is 0 Å². The molecular weight excluding hydrogens is 558 g/mol. The van der Waals surface area contributed by atoms with Gasteiger partial charge >= 0.3 is 0 Å². The first-order chi connectivity index (χ1) is 22.6. The minimum Gasteiger partial charge on any atom is -0.311 e. The highest BCUT2D eigenvalue weighted by Gasteiger charge is 2.13. The molecule has 6 aromatic rings. The van der Waals surface area contributed by atoms with Crippen molar-refractivity contribution in [2.24, 2.45) is 0 Å². The highest BCUT2D eigenvalue weighted by molar-refractivity contribution is 5.84. The molecule has 0 spiro atoms.